The summed E-state index contributed by atoms with van der Waals surface area (Å²) in [5, 5.41) is 1.16. The predicted octanol–water partition coefficient (Wildman–Crippen LogP) is 13.6. The number of fused-ring (bicyclic) bond motifs is 12. The van der Waals surface area contributed by atoms with Gasteiger partial charge in [0.05, 0.1) is 11.1 Å². The number of para-hydroxylation sites is 2. The molecule has 2 nitrogen and oxygen atoms in total. The Balaban J connectivity index is 1.19. The minimum atomic E-state index is -0.539. The fourth-order valence-electron chi connectivity index (χ4n) is 9.11. The molecule has 0 radical (unpaired) electrons. The van der Waals surface area contributed by atoms with Gasteiger partial charge in [0, 0.05) is 33.5 Å². The maximum absolute atomic E-state index is 6.77. The first-order valence-corrected chi connectivity index (χ1v) is 18.3. The van der Waals surface area contributed by atoms with Gasteiger partial charge in [-0.05, 0) is 80.9 Å². The van der Waals surface area contributed by atoms with E-state index in [-0.39, 0.29) is 0 Å². The van der Waals surface area contributed by atoms with E-state index in [2.05, 4.69) is 205 Å². The van der Waals surface area contributed by atoms with Gasteiger partial charge in [0.25, 0.3) is 0 Å². The van der Waals surface area contributed by atoms with E-state index in [1.54, 1.807) is 0 Å². The monoisotopic (exact) mass is 675 g/mol. The molecule has 2 aliphatic rings. The van der Waals surface area contributed by atoms with E-state index < -0.39 is 5.41 Å². The number of hydrogen-bond acceptors (Lipinski definition) is 2. The lowest BCUT2D eigenvalue weighted by molar-refractivity contribution is 0.628. The van der Waals surface area contributed by atoms with Gasteiger partial charge >= 0.3 is 0 Å². The maximum atomic E-state index is 6.77. The molecule has 0 aliphatic heterocycles. The smallest absolute Gasteiger partial charge is 0.140 e. The highest BCUT2D eigenvalue weighted by Crippen LogP contribution is 2.65. The zero-order chi connectivity index (χ0) is 34.9. The Morgan fingerprint density at radius 1 is 0.377 bits per heavy atom. The topological polar surface area (TPSA) is 16.4 Å². The van der Waals surface area contributed by atoms with Crippen LogP contribution in [0, 0.1) is 0 Å². The molecule has 0 fully saturated rings. The van der Waals surface area contributed by atoms with Crippen molar-refractivity contribution in [2.75, 3.05) is 4.90 Å². The zero-order valence-electron chi connectivity index (χ0n) is 28.9. The minimum absolute atomic E-state index is 0.539. The van der Waals surface area contributed by atoms with Crippen molar-refractivity contribution in [3.8, 4) is 44.7 Å². The molecule has 9 aromatic rings. The van der Waals surface area contributed by atoms with Crippen LogP contribution in [0.4, 0.5) is 17.1 Å². The molecule has 0 N–H and O–H groups in total. The lowest BCUT2D eigenvalue weighted by Crippen LogP contribution is -2.26. The number of anilines is 3. The number of rotatable bonds is 5. The Hall–Kier alpha value is -6.90. The van der Waals surface area contributed by atoms with Crippen LogP contribution < -0.4 is 4.90 Å². The van der Waals surface area contributed by atoms with Gasteiger partial charge in [0.1, 0.15) is 11.3 Å². The minimum Gasteiger partial charge on any atom is -0.456 e. The van der Waals surface area contributed by atoms with Crippen molar-refractivity contribution >= 4 is 28.0 Å². The summed E-state index contributed by atoms with van der Waals surface area (Å²) in [6, 6.07) is 72.5. The summed E-state index contributed by atoms with van der Waals surface area (Å²) in [5.41, 5.74) is 17.2. The molecule has 53 heavy (non-hydrogen) atoms. The lowest BCUT2D eigenvalue weighted by Gasteiger charge is -2.32. The summed E-state index contributed by atoms with van der Waals surface area (Å²) in [6.07, 6.45) is 0. The quantitative estimate of drug-likeness (QED) is 0.181. The van der Waals surface area contributed by atoms with Crippen LogP contribution in [-0.2, 0) is 5.41 Å². The largest absolute Gasteiger partial charge is 0.456 e. The Kier molecular flexibility index (Phi) is 6.50. The first-order valence-electron chi connectivity index (χ1n) is 18.3. The SMILES string of the molecule is c1ccc(-c2ccc(N(c3ccc4c(c3)C3(c5ccccc5-4)c4ccccc4-c4oc5ccccc5c43)c3ccccc3-c3ccccc3)cc2)cc1. The van der Waals surface area contributed by atoms with E-state index in [0.29, 0.717) is 0 Å². The second kappa shape index (κ2) is 11.6. The molecule has 1 aromatic heterocycles. The van der Waals surface area contributed by atoms with Crippen molar-refractivity contribution in [2.24, 2.45) is 0 Å². The van der Waals surface area contributed by atoms with E-state index in [1.807, 2.05) is 0 Å². The molecule has 248 valence electrons. The standard InChI is InChI=1S/C51H33NO/c1-3-15-34(16-4-1)35-27-29-37(30-28-35)52(47-25-13-9-19-39(47)36-17-5-2-6-18-36)38-31-32-41-40-20-7-11-23-44(40)51(46(41)33-38)45-24-12-8-21-42(45)50-49(51)43-22-10-14-26-48(43)53-50/h1-33H. The number of hydrogen-bond donors (Lipinski definition) is 0. The first-order chi connectivity index (χ1) is 26.3. The average molecular weight is 676 g/mol. The second-order valence-electron chi connectivity index (χ2n) is 14.0. The highest BCUT2D eigenvalue weighted by molar-refractivity contribution is 6.02. The van der Waals surface area contributed by atoms with E-state index in [4.69, 9.17) is 4.42 Å². The Morgan fingerprint density at radius 3 is 1.70 bits per heavy atom. The summed E-state index contributed by atoms with van der Waals surface area (Å²) < 4.78 is 6.77. The molecular formula is C51H33NO. The Morgan fingerprint density at radius 2 is 0.925 bits per heavy atom. The van der Waals surface area contributed by atoms with Gasteiger partial charge in [0.15, 0.2) is 0 Å². The lowest BCUT2D eigenvalue weighted by atomic mass is 9.70. The molecule has 1 atom stereocenters. The van der Waals surface area contributed by atoms with Gasteiger partial charge in [-0.25, -0.2) is 0 Å². The highest BCUT2D eigenvalue weighted by Gasteiger charge is 2.54. The van der Waals surface area contributed by atoms with Crippen LogP contribution in [0.25, 0.3) is 55.7 Å². The first kappa shape index (κ1) is 29.8. The molecule has 11 rings (SSSR count). The van der Waals surface area contributed by atoms with Crippen LogP contribution >= 0.6 is 0 Å². The Labute approximate surface area is 308 Å². The molecule has 1 heterocycles. The summed E-state index contributed by atoms with van der Waals surface area (Å²) in [6.45, 7) is 0. The van der Waals surface area contributed by atoms with E-state index in [9.17, 15) is 0 Å². The highest BCUT2D eigenvalue weighted by atomic mass is 16.3. The van der Waals surface area contributed by atoms with Gasteiger partial charge < -0.3 is 9.32 Å². The van der Waals surface area contributed by atoms with Crippen LogP contribution in [0.15, 0.2) is 205 Å². The van der Waals surface area contributed by atoms with Crippen molar-refractivity contribution < 1.29 is 4.42 Å². The van der Waals surface area contributed by atoms with Crippen LogP contribution in [0.3, 0.4) is 0 Å². The van der Waals surface area contributed by atoms with Crippen LogP contribution in [-0.4, -0.2) is 0 Å². The second-order valence-corrected chi connectivity index (χ2v) is 14.0. The van der Waals surface area contributed by atoms with Gasteiger partial charge in [-0.3, -0.25) is 0 Å². The Bertz CT molecular complexity index is 2830. The summed E-state index contributed by atoms with van der Waals surface area (Å²) in [5.74, 6) is 0.970. The van der Waals surface area contributed by atoms with Crippen molar-refractivity contribution in [1.82, 2.24) is 0 Å². The normalized spacial score (nSPS) is 14.9. The molecule has 2 heteroatoms. The fourth-order valence-corrected chi connectivity index (χ4v) is 9.11. The number of nitrogens with zero attached hydrogens (tertiary/aromatic N) is 1. The van der Waals surface area contributed by atoms with Crippen molar-refractivity contribution in [3.05, 3.63) is 222 Å². The molecule has 0 saturated heterocycles. The van der Waals surface area contributed by atoms with Gasteiger partial charge in [-0.1, -0.05) is 164 Å². The predicted molar refractivity (Wildman–Crippen MR) is 218 cm³/mol. The van der Waals surface area contributed by atoms with Gasteiger partial charge in [-0.15, -0.1) is 0 Å². The van der Waals surface area contributed by atoms with Crippen LogP contribution in [0.2, 0.25) is 0 Å². The maximum Gasteiger partial charge on any atom is 0.140 e. The third-order valence-electron chi connectivity index (χ3n) is 11.3. The molecule has 1 spiro atoms. The summed E-state index contributed by atoms with van der Waals surface area (Å²) >= 11 is 0. The van der Waals surface area contributed by atoms with E-state index >= 15 is 0 Å². The van der Waals surface area contributed by atoms with Crippen LogP contribution in [0.5, 0.6) is 0 Å². The fraction of sp³-hybridized carbons (Fsp3) is 0.0196. The third kappa shape index (κ3) is 4.27. The molecule has 0 bridgehead atoms. The van der Waals surface area contributed by atoms with Gasteiger partial charge in [0.2, 0.25) is 0 Å². The zero-order valence-corrected chi connectivity index (χ0v) is 28.9. The van der Waals surface area contributed by atoms with Crippen molar-refractivity contribution in [2.45, 2.75) is 5.41 Å². The molecule has 1 unspecified atom stereocenters. The molecule has 0 saturated carbocycles. The van der Waals surface area contributed by atoms with Crippen LogP contribution in [0.1, 0.15) is 22.3 Å². The molecule has 0 amide bonds. The molecular weight excluding hydrogens is 643 g/mol. The van der Waals surface area contributed by atoms with Gasteiger partial charge in [-0.2, -0.15) is 0 Å². The van der Waals surface area contributed by atoms with Crippen molar-refractivity contribution in [1.29, 1.82) is 0 Å². The molecule has 8 aromatic carbocycles. The number of benzene rings is 8. The van der Waals surface area contributed by atoms with Crippen molar-refractivity contribution in [3.63, 3.8) is 0 Å². The van der Waals surface area contributed by atoms with E-state index in [1.165, 1.54) is 55.6 Å². The average Bonchev–Trinajstić information content (AvgIpc) is 3.86. The molecule has 2 aliphatic carbocycles. The summed E-state index contributed by atoms with van der Waals surface area (Å²) in [4.78, 5) is 2.43. The van der Waals surface area contributed by atoms with E-state index in [0.717, 1.165) is 39.4 Å². The number of furan rings is 1. The third-order valence-corrected chi connectivity index (χ3v) is 11.3. The summed E-state index contributed by atoms with van der Waals surface area (Å²) in [7, 11) is 0.